The Morgan fingerprint density at radius 1 is 1.13 bits per heavy atom. The van der Waals surface area contributed by atoms with Crippen LogP contribution in [-0.4, -0.2) is 45.1 Å². The molecule has 1 aliphatic rings. The van der Waals surface area contributed by atoms with E-state index in [0.717, 1.165) is 51.0 Å². The van der Waals surface area contributed by atoms with Gasteiger partial charge in [-0.25, -0.2) is 4.98 Å². The summed E-state index contributed by atoms with van der Waals surface area (Å²) in [5.41, 5.74) is 8.24. The number of nitrogens with zero attached hydrogens (tertiary/aromatic N) is 5. The van der Waals surface area contributed by atoms with Crippen molar-refractivity contribution < 1.29 is 4.79 Å². The first kappa shape index (κ1) is 18.8. The van der Waals surface area contributed by atoms with Crippen LogP contribution in [0.25, 0.3) is 21.3 Å². The van der Waals surface area contributed by atoms with Gasteiger partial charge in [0.05, 0.1) is 6.42 Å². The summed E-state index contributed by atoms with van der Waals surface area (Å²) in [6.07, 6.45) is 3.73. The number of pyridine rings is 2. The van der Waals surface area contributed by atoms with E-state index in [2.05, 4.69) is 31.1 Å². The van der Waals surface area contributed by atoms with Crippen LogP contribution >= 0.6 is 11.3 Å². The van der Waals surface area contributed by atoms with E-state index >= 15 is 0 Å². The molecule has 3 aromatic heterocycles. The molecule has 5 rings (SSSR count). The number of aromatic nitrogens is 4. The Hall–Kier alpha value is -3.23. The van der Waals surface area contributed by atoms with E-state index < -0.39 is 0 Å². The summed E-state index contributed by atoms with van der Waals surface area (Å²) >= 11 is 1.56. The Morgan fingerprint density at radius 2 is 2.00 bits per heavy atom. The van der Waals surface area contributed by atoms with Gasteiger partial charge in [0.25, 0.3) is 0 Å². The summed E-state index contributed by atoms with van der Waals surface area (Å²) in [5.74, 6) is 0.817. The predicted octanol–water partition coefficient (Wildman–Crippen LogP) is 3.03. The molecular formula is C22H20N6OS. The Bertz CT molecular complexity index is 1250. The first-order valence-electron chi connectivity index (χ1n) is 9.74. The number of anilines is 1. The van der Waals surface area contributed by atoms with Gasteiger partial charge in [0.1, 0.15) is 15.8 Å². The van der Waals surface area contributed by atoms with Gasteiger partial charge in [0, 0.05) is 53.7 Å². The number of fused-ring (bicyclic) bond motifs is 1. The van der Waals surface area contributed by atoms with E-state index in [1.807, 2.05) is 37.4 Å². The van der Waals surface area contributed by atoms with Crippen molar-refractivity contribution in [1.82, 2.24) is 20.2 Å². The normalized spacial score (nSPS) is 14.1. The fraction of sp³-hybridized carbons (Fsp3) is 0.227. The Morgan fingerprint density at radius 3 is 2.77 bits per heavy atom. The molecule has 7 nitrogen and oxygen atoms in total. The van der Waals surface area contributed by atoms with E-state index in [1.54, 1.807) is 23.6 Å². The van der Waals surface area contributed by atoms with E-state index in [9.17, 15) is 4.79 Å². The molecule has 4 heterocycles. The van der Waals surface area contributed by atoms with E-state index in [1.165, 1.54) is 0 Å². The molecule has 30 heavy (non-hydrogen) atoms. The first-order valence-corrected chi connectivity index (χ1v) is 10.6. The summed E-state index contributed by atoms with van der Waals surface area (Å²) < 4.78 is 0. The van der Waals surface area contributed by atoms with Crippen molar-refractivity contribution in [1.29, 1.82) is 0 Å². The number of ketones is 1. The van der Waals surface area contributed by atoms with Crippen LogP contribution in [0, 0.1) is 6.92 Å². The lowest BCUT2D eigenvalue weighted by Crippen LogP contribution is -2.56. The maximum atomic E-state index is 12.9. The molecule has 0 bridgehead atoms. The zero-order valence-corrected chi connectivity index (χ0v) is 17.3. The number of aryl methyl sites for hydroxylation is 1. The van der Waals surface area contributed by atoms with Crippen molar-refractivity contribution in [3.63, 3.8) is 0 Å². The third-order valence-corrected chi connectivity index (χ3v) is 6.08. The van der Waals surface area contributed by atoms with Gasteiger partial charge >= 0.3 is 0 Å². The van der Waals surface area contributed by atoms with Crippen LogP contribution in [0.4, 0.5) is 5.82 Å². The second kappa shape index (κ2) is 7.55. The zero-order chi connectivity index (χ0) is 20.7. The van der Waals surface area contributed by atoms with Gasteiger partial charge in [0.15, 0.2) is 5.78 Å². The number of benzene rings is 1. The largest absolute Gasteiger partial charge is 0.353 e. The molecule has 8 heteroatoms. The lowest BCUT2D eigenvalue weighted by atomic mass is 10.0. The minimum Gasteiger partial charge on any atom is -0.353 e. The van der Waals surface area contributed by atoms with Crippen molar-refractivity contribution >= 4 is 33.7 Å². The third-order valence-electron chi connectivity index (χ3n) is 5.19. The predicted molar refractivity (Wildman–Crippen MR) is 118 cm³/mol. The minimum atomic E-state index is 0.0197. The highest BCUT2D eigenvalue weighted by molar-refractivity contribution is 7.14. The smallest absolute Gasteiger partial charge is 0.169 e. The molecule has 1 fully saturated rings. The maximum absolute atomic E-state index is 12.9. The molecule has 0 atom stereocenters. The topological polar surface area (TPSA) is 97.9 Å². The highest BCUT2D eigenvalue weighted by Gasteiger charge is 2.24. The Balaban J connectivity index is 1.38. The highest BCUT2D eigenvalue weighted by atomic mass is 32.1. The van der Waals surface area contributed by atoms with Crippen molar-refractivity contribution in [2.24, 2.45) is 5.73 Å². The number of hydrogen-bond acceptors (Lipinski definition) is 8. The molecule has 1 aliphatic heterocycles. The van der Waals surface area contributed by atoms with Gasteiger partial charge < -0.3 is 10.6 Å². The number of carbonyl (C=O) groups excluding carboxylic acids is 1. The molecule has 4 aromatic rings. The van der Waals surface area contributed by atoms with E-state index in [-0.39, 0.29) is 18.2 Å². The summed E-state index contributed by atoms with van der Waals surface area (Å²) in [5, 5.41) is 12.2. The zero-order valence-electron chi connectivity index (χ0n) is 16.4. The van der Waals surface area contributed by atoms with Crippen LogP contribution in [-0.2, 0) is 6.42 Å². The fourth-order valence-corrected chi connectivity index (χ4v) is 4.25. The molecule has 0 aliphatic carbocycles. The molecule has 150 valence electrons. The van der Waals surface area contributed by atoms with Crippen molar-refractivity contribution in [3.8, 4) is 10.6 Å². The number of rotatable bonds is 5. The minimum absolute atomic E-state index is 0.0197. The van der Waals surface area contributed by atoms with Gasteiger partial charge in [-0.05, 0) is 36.6 Å². The van der Waals surface area contributed by atoms with Crippen LogP contribution < -0.4 is 10.6 Å². The van der Waals surface area contributed by atoms with Gasteiger partial charge in [-0.3, -0.25) is 9.78 Å². The van der Waals surface area contributed by atoms with Gasteiger partial charge in [-0.2, -0.15) is 0 Å². The quantitative estimate of drug-likeness (QED) is 0.499. The van der Waals surface area contributed by atoms with Crippen LogP contribution in [0.2, 0.25) is 0 Å². The molecule has 2 N–H and O–H groups in total. The lowest BCUT2D eigenvalue weighted by molar-refractivity contribution is 0.0992. The van der Waals surface area contributed by atoms with Crippen molar-refractivity contribution in [3.05, 3.63) is 65.1 Å². The molecular weight excluding hydrogens is 396 g/mol. The van der Waals surface area contributed by atoms with E-state index in [4.69, 9.17) is 5.73 Å². The molecule has 0 amide bonds. The summed E-state index contributed by atoms with van der Waals surface area (Å²) in [7, 11) is 0. The van der Waals surface area contributed by atoms with Crippen molar-refractivity contribution in [2.75, 3.05) is 18.0 Å². The summed E-state index contributed by atoms with van der Waals surface area (Å²) in [6.45, 7) is 3.48. The van der Waals surface area contributed by atoms with Gasteiger partial charge in [-0.1, -0.05) is 23.5 Å². The Labute approximate surface area is 177 Å². The molecule has 0 radical (unpaired) electrons. The summed E-state index contributed by atoms with van der Waals surface area (Å²) in [4.78, 5) is 23.8. The number of carbonyl (C=O) groups is 1. The first-order chi connectivity index (χ1) is 14.5. The average molecular weight is 417 g/mol. The monoisotopic (exact) mass is 416 g/mol. The van der Waals surface area contributed by atoms with Gasteiger partial charge in [-0.15, -0.1) is 10.2 Å². The van der Waals surface area contributed by atoms with Crippen LogP contribution in [0.15, 0.2) is 48.8 Å². The van der Waals surface area contributed by atoms with Crippen LogP contribution in [0.1, 0.15) is 21.1 Å². The number of hydrogen-bond donors (Lipinski definition) is 1. The fourth-order valence-electron chi connectivity index (χ4n) is 3.56. The second-order valence-electron chi connectivity index (χ2n) is 7.53. The van der Waals surface area contributed by atoms with Gasteiger partial charge in [0.2, 0.25) is 0 Å². The molecule has 0 unspecified atom stereocenters. The maximum Gasteiger partial charge on any atom is 0.169 e. The number of Topliss-reactive ketones (excluding diaryl/α,β-unsaturated/α-hetero) is 1. The molecule has 0 spiro atoms. The SMILES string of the molecule is Cc1nnc(-c2ccc3cnc(CC(=O)c4ccnc(N5CC(N)C5)c4)cc3c2)s1. The summed E-state index contributed by atoms with van der Waals surface area (Å²) in [6, 6.07) is 11.9. The molecule has 1 aromatic carbocycles. The number of nitrogens with two attached hydrogens (primary N) is 1. The third kappa shape index (κ3) is 3.67. The van der Waals surface area contributed by atoms with Crippen molar-refractivity contribution in [2.45, 2.75) is 19.4 Å². The van der Waals surface area contributed by atoms with E-state index in [0.29, 0.717) is 5.56 Å². The Kier molecular flexibility index (Phi) is 4.72. The molecule has 1 saturated heterocycles. The lowest BCUT2D eigenvalue weighted by Gasteiger charge is -2.37. The van der Waals surface area contributed by atoms with Crippen LogP contribution in [0.3, 0.4) is 0 Å². The average Bonchev–Trinajstić information content (AvgIpc) is 3.17. The second-order valence-corrected chi connectivity index (χ2v) is 8.71. The molecule has 0 saturated carbocycles. The van der Waals surface area contributed by atoms with Crippen LogP contribution in [0.5, 0.6) is 0 Å². The standard InChI is InChI=1S/C22H20N6OS/c1-13-26-27-22(30-13)15-2-3-16-10-25-19(7-17(16)6-15)9-20(29)14-4-5-24-21(8-14)28-11-18(23)12-28/h2-8,10,18H,9,11-12,23H2,1H3. The highest BCUT2D eigenvalue weighted by Crippen LogP contribution is 2.27.